The summed E-state index contributed by atoms with van der Waals surface area (Å²) in [4.78, 5) is 0. The van der Waals surface area contributed by atoms with E-state index in [4.69, 9.17) is 9.47 Å². The summed E-state index contributed by atoms with van der Waals surface area (Å²) in [5, 5.41) is 60.5. The lowest BCUT2D eigenvalue weighted by Gasteiger charge is -2.31. The predicted molar refractivity (Wildman–Crippen MR) is 132 cm³/mol. The summed E-state index contributed by atoms with van der Waals surface area (Å²) in [6.07, 6.45) is 1.47. The Hall–Kier alpha value is -4.56. The summed E-state index contributed by atoms with van der Waals surface area (Å²) in [6, 6.07) is 10.7. The van der Waals surface area contributed by atoms with Gasteiger partial charge in [0.2, 0.25) is 0 Å². The van der Waals surface area contributed by atoms with Crippen molar-refractivity contribution in [2.24, 2.45) is 0 Å². The van der Waals surface area contributed by atoms with E-state index in [-0.39, 0.29) is 45.0 Å². The maximum absolute atomic E-state index is 10.4. The number of rotatable bonds is 0. The van der Waals surface area contributed by atoms with Crippen LogP contribution in [0.5, 0.6) is 46.0 Å². The van der Waals surface area contributed by atoms with Crippen LogP contribution >= 0.6 is 0 Å². The minimum absolute atomic E-state index is 0.125. The van der Waals surface area contributed by atoms with Crippen LogP contribution in [-0.2, 0) is 16.2 Å². The SMILES string of the molecule is CC1(C)CC2(CC(C)(C)c3cc4c(cc32)Oc2c(C#N)c(O)c(O)c(C#N)c2O4)c2cc(O)c(O)cc21. The maximum atomic E-state index is 10.4. The van der Waals surface area contributed by atoms with E-state index in [9.17, 15) is 30.9 Å². The van der Waals surface area contributed by atoms with Crippen LogP contribution in [-0.4, -0.2) is 20.4 Å². The van der Waals surface area contributed by atoms with E-state index in [1.807, 2.05) is 24.3 Å². The van der Waals surface area contributed by atoms with Crippen molar-refractivity contribution in [1.29, 1.82) is 10.5 Å². The Morgan fingerprint density at radius 3 is 1.49 bits per heavy atom. The highest BCUT2D eigenvalue weighted by Gasteiger charge is 2.57. The monoisotopic (exact) mass is 496 g/mol. The third-order valence-corrected chi connectivity index (χ3v) is 8.18. The lowest BCUT2D eigenvalue weighted by Crippen LogP contribution is -2.27. The summed E-state index contributed by atoms with van der Waals surface area (Å²) in [5.41, 5.74) is 2.20. The number of nitriles is 2. The Balaban J connectivity index is 1.60. The van der Waals surface area contributed by atoms with Crippen molar-refractivity contribution in [3.05, 3.63) is 57.6 Å². The fraction of sp³-hybridized carbons (Fsp3) is 0.310. The number of hydrogen-bond acceptors (Lipinski definition) is 8. The summed E-state index contributed by atoms with van der Waals surface area (Å²) in [6.45, 7) is 8.50. The number of aromatic hydroxyl groups is 4. The Labute approximate surface area is 213 Å². The molecule has 0 bridgehead atoms. The number of hydrogen-bond donors (Lipinski definition) is 4. The van der Waals surface area contributed by atoms with Gasteiger partial charge in [-0.25, -0.2) is 0 Å². The molecular formula is C29H24N2O6. The first-order valence-corrected chi connectivity index (χ1v) is 11.9. The van der Waals surface area contributed by atoms with Crippen LogP contribution in [0.15, 0.2) is 24.3 Å². The predicted octanol–water partition coefficient (Wildman–Crippen LogP) is 5.80. The van der Waals surface area contributed by atoms with Crippen LogP contribution in [0.1, 0.15) is 73.9 Å². The van der Waals surface area contributed by atoms with Gasteiger partial charge in [0.1, 0.15) is 23.3 Å². The van der Waals surface area contributed by atoms with Gasteiger partial charge in [-0.1, -0.05) is 27.7 Å². The molecule has 8 heteroatoms. The molecule has 1 unspecified atom stereocenters. The van der Waals surface area contributed by atoms with Crippen LogP contribution < -0.4 is 9.47 Å². The lowest BCUT2D eigenvalue weighted by atomic mass is 9.72. The molecule has 3 aromatic carbocycles. The topological polar surface area (TPSA) is 147 Å². The highest BCUT2D eigenvalue weighted by atomic mass is 16.6. The second-order valence-electron chi connectivity index (χ2n) is 11.5. The average Bonchev–Trinajstić information content (AvgIpc) is 3.17. The minimum atomic E-state index is -0.745. The van der Waals surface area contributed by atoms with Crippen molar-refractivity contribution >= 4 is 0 Å². The molecule has 0 fully saturated rings. The summed E-state index contributed by atoms with van der Waals surface area (Å²) >= 11 is 0. The van der Waals surface area contributed by atoms with E-state index in [0.29, 0.717) is 11.5 Å². The molecule has 1 atom stereocenters. The van der Waals surface area contributed by atoms with Gasteiger partial charge in [-0.2, -0.15) is 10.5 Å². The van der Waals surface area contributed by atoms with E-state index in [0.717, 1.165) is 35.1 Å². The number of benzene rings is 3. The maximum Gasteiger partial charge on any atom is 0.193 e. The van der Waals surface area contributed by atoms with Gasteiger partial charge in [-0.05, 0) is 70.2 Å². The number of fused-ring (bicyclic) bond motifs is 6. The summed E-state index contributed by atoms with van der Waals surface area (Å²) in [5.74, 6) is -1.44. The van der Waals surface area contributed by atoms with E-state index in [2.05, 4.69) is 27.7 Å². The lowest BCUT2D eigenvalue weighted by molar-refractivity contribution is 0.341. The molecule has 8 nitrogen and oxygen atoms in total. The molecule has 0 radical (unpaired) electrons. The fourth-order valence-corrected chi connectivity index (χ4v) is 6.80. The first-order chi connectivity index (χ1) is 17.3. The van der Waals surface area contributed by atoms with Crippen LogP contribution in [0.3, 0.4) is 0 Å². The molecule has 0 saturated carbocycles. The molecule has 0 aromatic heterocycles. The van der Waals surface area contributed by atoms with Gasteiger partial charge in [0, 0.05) is 5.41 Å². The zero-order valence-corrected chi connectivity index (χ0v) is 20.7. The van der Waals surface area contributed by atoms with Crippen molar-refractivity contribution in [3.8, 4) is 58.1 Å². The molecule has 186 valence electrons. The second-order valence-corrected chi connectivity index (χ2v) is 11.5. The first-order valence-electron chi connectivity index (χ1n) is 11.9. The Bertz CT molecular complexity index is 1660. The molecule has 3 aromatic rings. The van der Waals surface area contributed by atoms with Crippen molar-refractivity contribution in [2.75, 3.05) is 0 Å². The molecule has 1 aliphatic heterocycles. The molecule has 0 saturated heterocycles. The molecule has 2 aliphatic carbocycles. The van der Waals surface area contributed by atoms with Gasteiger partial charge in [-0.3, -0.25) is 0 Å². The Morgan fingerprint density at radius 1 is 0.649 bits per heavy atom. The van der Waals surface area contributed by atoms with E-state index in [1.165, 1.54) is 0 Å². The fourth-order valence-electron chi connectivity index (χ4n) is 6.80. The van der Waals surface area contributed by atoms with Gasteiger partial charge in [0.25, 0.3) is 0 Å². The van der Waals surface area contributed by atoms with E-state index >= 15 is 0 Å². The van der Waals surface area contributed by atoms with Crippen molar-refractivity contribution in [2.45, 2.75) is 56.8 Å². The van der Waals surface area contributed by atoms with Gasteiger partial charge in [0.15, 0.2) is 46.0 Å². The van der Waals surface area contributed by atoms with Crippen LogP contribution in [0, 0.1) is 22.7 Å². The Kier molecular flexibility index (Phi) is 4.21. The quantitative estimate of drug-likeness (QED) is 0.223. The molecule has 1 heterocycles. The molecular weight excluding hydrogens is 472 g/mol. The molecule has 6 rings (SSSR count). The molecule has 4 N–H and O–H groups in total. The Morgan fingerprint density at radius 2 is 1.03 bits per heavy atom. The highest BCUT2D eigenvalue weighted by Crippen LogP contribution is 2.66. The van der Waals surface area contributed by atoms with Crippen molar-refractivity contribution in [1.82, 2.24) is 0 Å². The largest absolute Gasteiger partial charge is 0.504 e. The van der Waals surface area contributed by atoms with Gasteiger partial charge in [-0.15, -0.1) is 0 Å². The average molecular weight is 497 g/mol. The minimum Gasteiger partial charge on any atom is -0.504 e. The number of ether oxygens (including phenoxy) is 2. The van der Waals surface area contributed by atoms with Gasteiger partial charge >= 0.3 is 0 Å². The normalized spacial score (nSPS) is 21.0. The van der Waals surface area contributed by atoms with E-state index in [1.54, 1.807) is 12.1 Å². The van der Waals surface area contributed by atoms with Gasteiger partial charge < -0.3 is 29.9 Å². The summed E-state index contributed by atoms with van der Waals surface area (Å²) in [7, 11) is 0. The molecule has 3 aliphatic rings. The standard InChI is InChI=1S/C29H24N2O6/c1-27(2)11-29(17-6-20(33)19(32)5-15(17)27)12-28(3,4)16-7-21-22(8-18(16)29)37-26-14(10-31)24(35)23(34)13(9-30)25(26)36-21/h5-8,32-35H,11-12H2,1-4H3. The number of phenols is 4. The molecule has 37 heavy (non-hydrogen) atoms. The highest BCUT2D eigenvalue weighted by molar-refractivity contribution is 5.76. The second kappa shape index (κ2) is 6.80. The van der Waals surface area contributed by atoms with Crippen LogP contribution in [0.2, 0.25) is 0 Å². The third kappa shape index (κ3) is 2.76. The molecule has 1 spiro atoms. The zero-order valence-electron chi connectivity index (χ0n) is 20.7. The van der Waals surface area contributed by atoms with Crippen molar-refractivity contribution in [3.63, 3.8) is 0 Å². The smallest absolute Gasteiger partial charge is 0.193 e. The number of nitrogens with zero attached hydrogens (tertiary/aromatic N) is 2. The number of phenolic OH excluding ortho intramolecular Hbond substituents is 4. The molecule has 0 amide bonds. The first kappa shape index (κ1) is 22.9. The van der Waals surface area contributed by atoms with Crippen LogP contribution in [0.25, 0.3) is 0 Å². The third-order valence-electron chi connectivity index (χ3n) is 8.18. The van der Waals surface area contributed by atoms with E-state index < -0.39 is 16.9 Å². The zero-order chi connectivity index (χ0) is 26.7. The van der Waals surface area contributed by atoms with Gasteiger partial charge in [0.05, 0.1) is 0 Å². The van der Waals surface area contributed by atoms with Crippen molar-refractivity contribution < 1.29 is 29.9 Å². The summed E-state index contributed by atoms with van der Waals surface area (Å²) < 4.78 is 12.1. The van der Waals surface area contributed by atoms with Crippen LogP contribution in [0.4, 0.5) is 0 Å².